The molecule has 0 saturated heterocycles. The van der Waals surface area contributed by atoms with Crippen LogP contribution in [0.2, 0.25) is 0 Å². The molecule has 0 radical (unpaired) electrons. The van der Waals surface area contributed by atoms with E-state index in [2.05, 4.69) is 10.1 Å². The van der Waals surface area contributed by atoms with Crippen molar-refractivity contribution in [2.45, 2.75) is 0 Å². The largest absolute Gasteiger partial charge is 0.497 e. The first-order valence-electron chi connectivity index (χ1n) is 7.05. The molecule has 2 rings (SSSR count). The number of ether oxygens (including phenoxy) is 2. The summed E-state index contributed by atoms with van der Waals surface area (Å²) < 4.78 is 23.2. The number of benzene rings is 2. The van der Waals surface area contributed by atoms with Crippen molar-refractivity contribution >= 4 is 23.6 Å². The SMILES string of the molecule is COC(=O)c1cc(OC)ccc1NC(=O)/C=C/c1ccccc1F. The molecule has 0 fully saturated rings. The van der Waals surface area contributed by atoms with Crippen LogP contribution < -0.4 is 10.1 Å². The number of hydrogen-bond acceptors (Lipinski definition) is 4. The van der Waals surface area contributed by atoms with Crippen LogP contribution in [0.3, 0.4) is 0 Å². The van der Waals surface area contributed by atoms with Gasteiger partial charge in [0.15, 0.2) is 0 Å². The van der Waals surface area contributed by atoms with Crippen LogP contribution in [0.25, 0.3) is 6.08 Å². The molecule has 24 heavy (non-hydrogen) atoms. The summed E-state index contributed by atoms with van der Waals surface area (Å²) in [5.74, 6) is -1.09. The van der Waals surface area contributed by atoms with E-state index in [4.69, 9.17) is 4.74 Å². The molecule has 1 amide bonds. The van der Waals surface area contributed by atoms with Crippen molar-refractivity contribution < 1.29 is 23.5 Å². The van der Waals surface area contributed by atoms with E-state index < -0.39 is 17.7 Å². The van der Waals surface area contributed by atoms with Gasteiger partial charge in [0, 0.05) is 11.6 Å². The van der Waals surface area contributed by atoms with E-state index in [1.54, 1.807) is 24.3 Å². The number of esters is 1. The standard InChI is InChI=1S/C18H16FNO4/c1-23-13-8-9-16(14(11-13)18(22)24-2)20-17(21)10-7-12-5-3-4-6-15(12)19/h3-11H,1-2H3,(H,20,21)/b10-7+. The van der Waals surface area contributed by atoms with E-state index in [0.717, 1.165) is 0 Å². The van der Waals surface area contributed by atoms with Crippen molar-refractivity contribution in [1.29, 1.82) is 0 Å². The highest BCUT2D eigenvalue weighted by Crippen LogP contribution is 2.23. The minimum Gasteiger partial charge on any atom is -0.497 e. The Balaban J connectivity index is 2.19. The van der Waals surface area contributed by atoms with Crippen LogP contribution in [0.5, 0.6) is 5.75 Å². The summed E-state index contributed by atoms with van der Waals surface area (Å²) >= 11 is 0. The molecule has 5 nitrogen and oxygen atoms in total. The first kappa shape index (κ1) is 17.2. The fourth-order valence-electron chi connectivity index (χ4n) is 1.99. The first-order valence-corrected chi connectivity index (χ1v) is 7.05. The van der Waals surface area contributed by atoms with Gasteiger partial charge in [0.1, 0.15) is 11.6 Å². The molecule has 2 aromatic carbocycles. The molecule has 0 aromatic heterocycles. The Labute approximate surface area is 138 Å². The average molecular weight is 329 g/mol. The Morgan fingerprint density at radius 2 is 1.88 bits per heavy atom. The van der Waals surface area contributed by atoms with Crippen LogP contribution in [-0.2, 0) is 9.53 Å². The lowest BCUT2D eigenvalue weighted by molar-refractivity contribution is -0.111. The highest BCUT2D eigenvalue weighted by atomic mass is 19.1. The van der Waals surface area contributed by atoms with Crippen molar-refractivity contribution in [1.82, 2.24) is 0 Å². The predicted octanol–water partition coefficient (Wildman–Crippen LogP) is 3.27. The molecule has 0 atom stereocenters. The third kappa shape index (κ3) is 4.19. The third-order valence-corrected chi connectivity index (χ3v) is 3.21. The summed E-state index contributed by atoms with van der Waals surface area (Å²) in [6, 6.07) is 10.7. The molecular formula is C18H16FNO4. The fraction of sp³-hybridized carbons (Fsp3) is 0.111. The van der Waals surface area contributed by atoms with Gasteiger partial charge < -0.3 is 14.8 Å². The lowest BCUT2D eigenvalue weighted by Gasteiger charge is -2.10. The number of hydrogen-bond donors (Lipinski definition) is 1. The quantitative estimate of drug-likeness (QED) is 0.675. The van der Waals surface area contributed by atoms with E-state index in [-0.39, 0.29) is 16.8 Å². The highest BCUT2D eigenvalue weighted by molar-refractivity contribution is 6.06. The number of halogens is 1. The van der Waals surface area contributed by atoms with Gasteiger partial charge in [0.2, 0.25) is 5.91 Å². The van der Waals surface area contributed by atoms with Crippen LogP contribution in [0, 0.1) is 5.82 Å². The molecule has 0 aliphatic rings. The average Bonchev–Trinajstić information content (AvgIpc) is 2.60. The second-order valence-electron chi connectivity index (χ2n) is 4.75. The molecule has 0 aliphatic heterocycles. The molecule has 6 heteroatoms. The van der Waals surface area contributed by atoms with E-state index in [0.29, 0.717) is 5.75 Å². The molecule has 0 spiro atoms. The Bertz CT molecular complexity index is 786. The number of nitrogens with one attached hydrogen (secondary N) is 1. The zero-order valence-corrected chi connectivity index (χ0v) is 13.2. The van der Waals surface area contributed by atoms with Gasteiger partial charge in [-0.05, 0) is 30.3 Å². The van der Waals surface area contributed by atoms with Crippen molar-refractivity contribution in [3.05, 3.63) is 65.5 Å². The summed E-state index contributed by atoms with van der Waals surface area (Å²) in [4.78, 5) is 23.8. The molecule has 2 aromatic rings. The maximum absolute atomic E-state index is 13.5. The third-order valence-electron chi connectivity index (χ3n) is 3.21. The molecule has 124 valence electrons. The summed E-state index contributed by atoms with van der Waals surface area (Å²) in [7, 11) is 2.71. The molecule has 1 N–H and O–H groups in total. The minimum atomic E-state index is -0.609. The second kappa shape index (κ2) is 7.92. The van der Waals surface area contributed by atoms with Crippen LogP contribution >= 0.6 is 0 Å². The Hall–Kier alpha value is -3.15. The zero-order chi connectivity index (χ0) is 17.5. The maximum atomic E-state index is 13.5. The van der Waals surface area contributed by atoms with Gasteiger partial charge in [-0.25, -0.2) is 9.18 Å². The van der Waals surface area contributed by atoms with Crippen LogP contribution in [0.4, 0.5) is 10.1 Å². The minimum absolute atomic E-state index is 0.157. The van der Waals surface area contributed by atoms with Gasteiger partial charge in [0.25, 0.3) is 0 Å². The fourth-order valence-corrected chi connectivity index (χ4v) is 1.99. The number of methoxy groups -OCH3 is 2. The van der Waals surface area contributed by atoms with Crippen LogP contribution in [0.1, 0.15) is 15.9 Å². The van der Waals surface area contributed by atoms with Crippen molar-refractivity contribution in [3.8, 4) is 5.75 Å². The molecule has 0 bridgehead atoms. The van der Waals surface area contributed by atoms with Gasteiger partial charge in [0.05, 0.1) is 25.5 Å². The smallest absolute Gasteiger partial charge is 0.340 e. The van der Waals surface area contributed by atoms with Gasteiger partial charge in [-0.3, -0.25) is 4.79 Å². The van der Waals surface area contributed by atoms with Gasteiger partial charge in [-0.1, -0.05) is 18.2 Å². The van der Waals surface area contributed by atoms with E-state index in [1.807, 2.05) is 0 Å². The molecule has 0 saturated carbocycles. The summed E-state index contributed by atoms with van der Waals surface area (Å²) in [5.41, 5.74) is 0.714. The zero-order valence-electron chi connectivity index (χ0n) is 13.2. The van der Waals surface area contributed by atoms with Crippen LogP contribution in [-0.4, -0.2) is 26.1 Å². The van der Waals surface area contributed by atoms with E-state index in [1.165, 1.54) is 44.6 Å². The topological polar surface area (TPSA) is 64.6 Å². The summed E-state index contributed by atoms with van der Waals surface area (Å²) in [5, 5.41) is 2.56. The van der Waals surface area contributed by atoms with Gasteiger partial charge in [-0.15, -0.1) is 0 Å². The maximum Gasteiger partial charge on any atom is 0.340 e. The highest BCUT2D eigenvalue weighted by Gasteiger charge is 2.14. The number of carbonyl (C=O) groups excluding carboxylic acids is 2. The molecular weight excluding hydrogens is 313 g/mol. The lowest BCUT2D eigenvalue weighted by Crippen LogP contribution is -2.13. The van der Waals surface area contributed by atoms with E-state index >= 15 is 0 Å². The van der Waals surface area contributed by atoms with Crippen molar-refractivity contribution in [2.24, 2.45) is 0 Å². The normalized spacial score (nSPS) is 10.5. The van der Waals surface area contributed by atoms with Crippen molar-refractivity contribution in [3.63, 3.8) is 0 Å². The molecule has 0 aliphatic carbocycles. The Morgan fingerprint density at radius 1 is 1.12 bits per heavy atom. The molecule has 0 unspecified atom stereocenters. The van der Waals surface area contributed by atoms with Gasteiger partial charge in [-0.2, -0.15) is 0 Å². The summed E-state index contributed by atoms with van der Waals surface area (Å²) in [6.45, 7) is 0. The Morgan fingerprint density at radius 3 is 2.54 bits per heavy atom. The first-order chi connectivity index (χ1) is 11.5. The monoisotopic (exact) mass is 329 g/mol. The van der Waals surface area contributed by atoms with Crippen LogP contribution in [0.15, 0.2) is 48.5 Å². The number of rotatable bonds is 5. The number of amides is 1. The van der Waals surface area contributed by atoms with E-state index in [9.17, 15) is 14.0 Å². The summed E-state index contributed by atoms with van der Waals surface area (Å²) in [6.07, 6.45) is 2.54. The lowest BCUT2D eigenvalue weighted by atomic mass is 10.1. The number of anilines is 1. The second-order valence-corrected chi connectivity index (χ2v) is 4.75. The van der Waals surface area contributed by atoms with Crippen molar-refractivity contribution in [2.75, 3.05) is 19.5 Å². The molecule has 0 heterocycles. The number of carbonyl (C=O) groups is 2. The Kier molecular flexibility index (Phi) is 5.68. The predicted molar refractivity (Wildman–Crippen MR) is 88.4 cm³/mol. The van der Waals surface area contributed by atoms with Gasteiger partial charge >= 0.3 is 5.97 Å².